The molecule has 138 valence electrons. The van der Waals surface area contributed by atoms with Gasteiger partial charge < -0.3 is 15.1 Å². The molecule has 0 bridgehead atoms. The predicted molar refractivity (Wildman–Crippen MR) is 104 cm³/mol. The molecular weight excluding hydrogens is 346 g/mol. The zero-order valence-corrected chi connectivity index (χ0v) is 16.1. The Hall–Kier alpha value is -1.88. The van der Waals surface area contributed by atoms with E-state index < -0.39 is 0 Å². The normalized spacial score (nSPS) is 21.2. The van der Waals surface area contributed by atoms with Gasteiger partial charge in [0.05, 0.1) is 0 Å². The molecule has 1 heterocycles. The summed E-state index contributed by atoms with van der Waals surface area (Å²) in [7, 11) is 0. The highest BCUT2D eigenvalue weighted by Crippen LogP contribution is 2.14. The third kappa shape index (κ3) is 5.07. The highest BCUT2D eigenvalue weighted by atomic mass is 35.5. The van der Waals surface area contributed by atoms with Gasteiger partial charge >= 0.3 is 0 Å². The van der Waals surface area contributed by atoms with Crippen molar-refractivity contribution in [2.75, 3.05) is 26.2 Å². The first-order valence-electron chi connectivity index (χ1n) is 9.36. The van der Waals surface area contributed by atoms with Crippen LogP contribution in [0.25, 0.3) is 0 Å². The third-order valence-electron chi connectivity index (χ3n) is 5.31. The van der Waals surface area contributed by atoms with Crippen LogP contribution < -0.4 is 15.1 Å². The zero-order chi connectivity index (χ0) is 18.4. The maximum atomic E-state index is 12.5. The summed E-state index contributed by atoms with van der Waals surface area (Å²) < 4.78 is 0. The van der Waals surface area contributed by atoms with Gasteiger partial charge in [-0.25, -0.2) is 0 Å². The minimum Gasteiger partial charge on any atom is -0.347 e. The molecule has 1 amide bonds. The maximum absolute atomic E-state index is 12.5. The molecule has 0 saturated carbocycles. The van der Waals surface area contributed by atoms with E-state index in [4.69, 9.17) is 11.6 Å². The second-order valence-corrected chi connectivity index (χ2v) is 7.51. The molecule has 0 radical (unpaired) electrons. The molecule has 3 N–H and O–H groups in total. The van der Waals surface area contributed by atoms with Gasteiger partial charge in [0.15, 0.2) is 6.04 Å². The molecule has 0 spiro atoms. The number of piperazine rings is 1. The van der Waals surface area contributed by atoms with E-state index in [2.05, 4.69) is 35.6 Å². The summed E-state index contributed by atoms with van der Waals surface area (Å²) in [4.78, 5) is 15.5. The van der Waals surface area contributed by atoms with Crippen LogP contribution in [0.2, 0.25) is 5.02 Å². The van der Waals surface area contributed by atoms with Gasteiger partial charge in [-0.3, -0.25) is 4.79 Å². The Bertz CT molecular complexity index is 714. The molecule has 3 rings (SSSR count). The van der Waals surface area contributed by atoms with Gasteiger partial charge in [-0.05, 0) is 18.6 Å². The van der Waals surface area contributed by atoms with E-state index in [0.717, 1.165) is 38.3 Å². The molecule has 2 aromatic carbocycles. The second-order valence-electron chi connectivity index (χ2n) is 7.10. The summed E-state index contributed by atoms with van der Waals surface area (Å²) in [5.74, 6) is 0.103. The van der Waals surface area contributed by atoms with Crippen LogP contribution in [0, 0.1) is 0 Å². The number of benzene rings is 2. The Morgan fingerprint density at radius 2 is 1.69 bits per heavy atom. The molecule has 0 aliphatic carbocycles. The van der Waals surface area contributed by atoms with E-state index in [1.165, 1.54) is 10.5 Å². The summed E-state index contributed by atoms with van der Waals surface area (Å²) >= 11 is 6.16. The number of carbonyl (C=O) groups excluding carboxylic acids is 1. The van der Waals surface area contributed by atoms with Gasteiger partial charge in [0.1, 0.15) is 32.7 Å². The number of halogens is 1. The average Bonchev–Trinajstić information content (AvgIpc) is 2.68. The van der Waals surface area contributed by atoms with Crippen molar-refractivity contribution in [3.05, 3.63) is 70.7 Å². The Kier molecular flexibility index (Phi) is 6.67. The largest absolute Gasteiger partial charge is 0.347 e. The maximum Gasteiger partial charge on any atom is 0.278 e. The highest BCUT2D eigenvalue weighted by Gasteiger charge is 2.30. The molecule has 2 aromatic rings. The van der Waals surface area contributed by atoms with Gasteiger partial charge in [-0.1, -0.05) is 60.1 Å². The lowest BCUT2D eigenvalue weighted by atomic mass is 10.1. The first-order valence-corrected chi connectivity index (χ1v) is 9.74. The van der Waals surface area contributed by atoms with E-state index in [1.807, 2.05) is 31.2 Å². The molecule has 4 nitrogen and oxygen atoms in total. The van der Waals surface area contributed by atoms with Crippen LogP contribution in [0.1, 0.15) is 18.1 Å². The summed E-state index contributed by atoms with van der Waals surface area (Å²) in [5.41, 5.74) is 2.35. The van der Waals surface area contributed by atoms with Crippen molar-refractivity contribution in [3.63, 3.8) is 0 Å². The number of hydrogen-bond acceptors (Lipinski definition) is 1. The van der Waals surface area contributed by atoms with E-state index in [9.17, 15) is 4.79 Å². The van der Waals surface area contributed by atoms with E-state index in [1.54, 1.807) is 4.90 Å². The van der Waals surface area contributed by atoms with Crippen molar-refractivity contribution in [1.82, 2.24) is 5.32 Å². The molecule has 1 aliphatic rings. The Morgan fingerprint density at radius 3 is 2.38 bits per heavy atom. The van der Waals surface area contributed by atoms with Crippen LogP contribution in [0.3, 0.4) is 0 Å². The van der Waals surface area contributed by atoms with Crippen molar-refractivity contribution in [2.24, 2.45) is 0 Å². The van der Waals surface area contributed by atoms with Gasteiger partial charge in [0.2, 0.25) is 0 Å². The fraction of sp³-hybridized carbons (Fsp3) is 0.381. The summed E-state index contributed by atoms with van der Waals surface area (Å²) in [6.45, 7) is 7.85. The number of quaternary nitrogens is 2. The molecule has 1 fully saturated rings. The Balaban J connectivity index is 1.44. The molecule has 1 aliphatic heterocycles. The fourth-order valence-electron chi connectivity index (χ4n) is 3.58. The summed E-state index contributed by atoms with van der Waals surface area (Å²) in [6, 6.07) is 18.3. The molecule has 1 saturated heterocycles. The minimum absolute atomic E-state index is 0.0317. The Labute approximate surface area is 160 Å². The lowest BCUT2D eigenvalue weighted by molar-refractivity contribution is -1.02. The summed E-state index contributed by atoms with van der Waals surface area (Å²) in [5, 5.41) is 3.74. The zero-order valence-electron chi connectivity index (χ0n) is 15.3. The molecule has 1 atom stereocenters. The molecule has 0 unspecified atom stereocenters. The highest BCUT2D eigenvalue weighted by molar-refractivity contribution is 6.31. The molecule has 26 heavy (non-hydrogen) atoms. The fourth-order valence-corrected chi connectivity index (χ4v) is 3.78. The van der Waals surface area contributed by atoms with Crippen LogP contribution in [-0.4, -0.2) is 38.1 Å². The lowest BCUT2D eigenvalue weighted by Crippen LogP contribution is -3.29. The van der Waals surface area contributed by atoms with Crippen molar-refractivity contribution >= 4 is 17.5 Å². The van der Waals surface area contributed by atoms with E-state index in [0.29, 0.717) is 11.6 Å². The SMILES string of the molecule is C[C@@H](C(=O)NCc1ccccc1Cl)[NH+]1CC[NH+](Cc2ccccc2)CC1. The molecular formula is C21H28ClN3O+2. The van der Waals surface area contributed by atoms with Crippen LogP contribution in [-0.2, 0) is 17.9 Å². The van der Waals surface area contributed by atoms with Crippen molar-refractivity contribution in [2.45, 2.75) is 26.1 Å². The average molecular weight is 374 g/mol. The monoisotopic (exact) mass is 373 g/mol. The van der Waals surface area contributed by atoms with Crippen LogP contribution in [0.5, 0.6) is 0 Å². The number of carbonyl (C=O) groups is 1. The predicted octanol–water partition coefficient (Wildman–Crippen LogP) is 0.328. The van der Waals surface area contributed by atoms with Gasteiger partial charge in [0, 0.05) is 17.1 Å². The van der Waals surface area contributed by atoms with Crippen LogP contribution in [0.15, 0.2) is 54.6 Å². The number of hydrogen-bond donors (Lipinski definition) is 3. The van der Waals surface area contributed by atoms with Gasteiger partial charge in [0.25, 0.3) is 5.91 Å². The topological polar surface area (TPSA) is 38.0 Å². The van der Waals surface area contributed by atoms with Crippen molar-refractivity contribution in [3.8, 4) is 0 Å². The van der Waals surface area contributed by atoms with Crippen molar-refractivity contribution in [1.29, 1.82) is 0 Å². The Morgan fingerprint density at radius 1 is 1.04 bits per heavy atom. The molecule has 5 heteroatoms. The smallest absolute Gasteiger partial charge is 0.278 e. The van der Waals surface area contributed by atoms with Gasteiger partial charge in [-0.2, -0.15) is 0 Å². The summed E-state index contributed by atoms with van der Waals surface area (Å²) in [6.07, 6.45) is 0. The second kappa shape index (κ2) is 9.17. The number of nitrogens with one attached hydrogen (secondary N) is 3. The van der Waals surface area contributed by atoms with Crippen LogP contribution >= 0.6 is 11.6 Å². The van der Waals surface area contributed by atoms with Gasteiger partial charge in [-0.15, -0.1) is 0 Å². The van der Waals surface area contributed by atoms with E-state index >= 15 is 0 Å². The van der Waals surface area contributed by atoms with Crippen molar-refractivity contribution < 1.29 is 14.6 Å². The lowest BCUT2D eigenvalue weighted by Gasteiger charge is -2.32. The molecule has 0 aromatic heterocycles. The van der Waals surface area contributed by atoms with E-state index in [-0.39, 0.29) is 11.9 Å². The minimum atomic E-state index is -0.0317. The number of rotatable bonds is 6. The standard InChI is InChI=1S/C21H26ClN3O/c1-17(21(26)23-15-19-9-5-6-10-20(19)22)25-13-11-24(12-14-25)16-18-7-3-2-4-8-18/h2-10,17H,11-16H2,1H3,(H,23,26)/p+2/t17-/m0/s1. The number of amides is 1. The third-order valence-corrected chi connectivity index (χ3v) is 5.68. The quantitative estimate of drug-likeness (QED) is 0.670. The van der Waals surface area contributed by atoms with Crippen LogP contribution in [0.4, 0.5) is 0 Å². The first-order chi connectivity index (χ1) is 12.6. The first kappa shape index (κ1) is 18.9.